The Bertz CT molecular complexity index is 336. The third kappa shape index (κ3) is 4.52. The van der Waals surface area contributed by atoms with Crippen LogP contribution in [0.5, 0.6) is 0 Å². The molecule has 0 bridgehead atoms. The lowest BCUT2D eigenvalue weighted by molar-refractivity contribution is -0.0264. The summed E-state index contributed by atoms with van der Waals surface area (Å²) in [6.07, 6.45) is 2.00. The molecule has 2 N–H and O–H groups in total. The molecule has 1 aromatic rings. The largest absolute Gasteiger partial charge is 0.374 e. The van der Waals surface area contributed by atoms with Crippen molar-refractivity contribution in [3.05, 3.63) is 28.5 Å². The fraction of sp³-hybridized carbons (Fsp3) is 0.545. The topological polar surface area (TPSA) is 51.4 Å². The molecule has 0 amide bonds. The van der Waals surface area contributed by atoms with Crippen LogP contribution in [0.25, 0.3) is 0 Å². The summed E-state index contributed by atoms with van der Waals surface area (Å²) in [5, 5.41) is 0. The van der Waals surface area contributed by atoms with Crippen molar-refractivity contribution < 1.29 is 4.74 Å². The molecule has 0 saturated carbocycles. The number of nitrogens with zero attached hydrogens (tertiary/aromatic N) is 2. The third-order valence-corrected chi connectivity index (χ3v) is 3.13. The van der Waals surface area contributed by atoms with Crippen LogP contribution in [0.1, 0.15) is 5.69 Å². The molecule has 1 aromatic heterocycles. The van der Waals surface area contributed by atoms with Gasteiger partial charge in [-0.25, -0.2) is 0 Å². The van der Waals surface area contributed by atoms with E-state index < -0.39 is 0 Å². The number of pyridine rings is 1. The van der Waals surface area contributed by atoms with E-state index in [1.54, 1.807) is 0 Å². The number of halogens is 2. The first-order valence-corrected chi connectivity index (χ1v) is 6.21. The van der Waals surface area contributed by atoms with E-state index in [0.29, 0.717) is 6.54 Å². The summed E-state index contributed by atoms with van der Waals surface area (Å²) in [6, 6.07) is 4.06. The van der Waals surface area contributed by atoms with Crippen molar-refractivity contribution in [1.82, 2.24) is 9.88 Å². The van der Waals surface area contributed by atoms with Crippen LogP contribution in [0.2, 0.25) is 0 Å². The van der Waals surface area contributed by atoms with Crippen LogP contribution in [0, 0.1) is 0 Å². The Balaban J connectivity index is 0.00000144. The Morgan fingerprint density at radius 3 is 3.00 bits per heavy atom. The highest BCUT2D eigenvalue weighted by atomic mass is 79.9. The maximum atomic E-state index is 5.61. The van der Waals surface area contributed by atoms with Crippen molar-refractivity contribution in [3.8, 4) is 0 Å². The van der Waals surface area contributed by atoms with Gasteiger partial charge in [-0.2, -0.15) is 0 Å². The highest BCUT2D eigenvalue weighted by molar-refractivity contribution is 9.10. The Hall–Kier alpha value is -0.200. The van der Waals surface area contributed by atoms with Gasteiger partial charge in [-0.1, -0.05) is 0 Å². The molecule has 4 nitrogen and oxygen atoms in total. The number of morpholine rings is 1. The molecule has 1 atom stereocenters. The maximum Gasteiger partial charge on any atom is 0.0824 e. The Morgan fingerprint density at radius 1 is 1.53 bits per heavy atom. The molecule has 1 unspecified atom stereocenters. The number of aromatic nitrogens is 1. The normalized spacial score (nSPS) is 20.9. The van der Waals surface area contributed by atoms with Crippen LogP contribution in [0.3, 0.4) is 0 Å². The molecule has 0 radical (unpaired) electrons. The smallest absolute Gasteiger partial charge is 0.0824 e. The molecule has 0 aliphatic carbocycles. The van der Waals surface area contributed by atoms with E-state index in [2.05, 4.69) is 25.8 Å². The minimum Gasteiger partial charge on any atom is -0.374 e. The molecule has 0 spiro atoms. The number of hydrogen-bond donors (Lipinski definition) is 1. The van der Waals surface area contributed by atoms with E-state index >= 15 is 0 Å². The van der Waals surface area contributed by atoms with Gasteiger partial charge in [-0.15, -0.1) is 12.4 Å². The fourth-order valence-corrected chi connectivity index (χ4v) is 2.03. The van der Waals surface area contributed by atoms with Crippen molar-refractivity contribution in [2.24, 2.45) is 5.73 Å². The van der Waals surface area contributed by atoms with Crippen molar-refractivity contribution in [2.45, 2.75) is 12.6 Å². The average molecular weight is 323 g/mol. The second-order valence-corrected chi connectivity index (χ2v) is 4.85. The van der Waals surface area contributed by atoms with Crippen molar-refractivity contribution in [1.29, 1.82) is 0 Å². The predicted molar refractivity (Wildman–Crippen MR) is 73.3 cm³/mol. The predicted octanol–water partition coefficient (Wildman–Crippen LogP) is 1.43. The minimum atomic E-state index is 0. The molecular formula is C11H17BrClN3O. The SMILES string of the molecule is Cl.NCC1CN(Cc2ccc(Br)cn2)CCO1. The zero-order valence-electron chi connectivity index (χ0n) is 9.51. The molecule has 2 rings (SSSR count). The van der Waals surface area contributed by atoms with Crippen LogP contribution in [-0.2, 0) is 11.3 Å². The Kier molecular flexibility index (Phi) is 6.37. The van der Waals surface area contributed by atoms with Gasteiger partial charge in [0.2, 0.25) is 0 Å². The number of hydrogen-bond acceptors (Lipinski definition) is 4. The summed E-state index contributed by atoms with van der Waals surface area (Å²) in [5.41, 5.74) is 6.69. The highest BCUT2D eigenvalue weighted by Gasteiger charge is 2.19. The van der Waals surface area contributed by atoms with Gasteiger partial charge in [0, 0.05) is 36.8 Å². The lowest BCUT2D eigenvalue weighted by Crippen LogP contribution is -2.45. The lowest BCUT2D eigenvalue weighted by atomic mass is 10.2. The molecule has 96 valence electrons. The van der Waals surface area contributed by atoms with Crippen LogP contribution < -0.4 is 5.73 Å². The monoisotopic (exact) mass is 321 g/mol. The molecule has 1 aliphatic heterocycles. The third-order valence-electron chi connectivity index (χ3n) is 2.66. The summed E-state index contributed by atoms with van der Waals surface area (Å²) in [6.45, 7) is 4.07. The van der Waals surface area contributed by atoms with Crippen LogP contribution in [-0.4, -0.2) is 42.2 Å². The molecule has 1 aliphatic rings. The van der Waals surface area contributed by atoms with E-state index in [1.807, 2.05) is 18.3 Å². The summed E-state index contributed by atoms with van der Waals surface area (Å²) in [7, 11) is 0. The van der Waals surface area contributed by atoms with Crippen molar-refractivity contribution in [3.63, 3.8) is 0 Å². The number of ether oxygens (including phenoxy) is 1. The average Bonchev–Trinajstić information content (AvgIpc) is 2.32. The lowest BCUT2D eigenvalue weighted by Gasteiger charge is -2.31. The van der Waals surface area contributed by atoms with Gasteiger partial charge in [-0.05, 0) is 28.1 Å². The van der Waals surface area contributed by atoms with Gasteiger partial charge < -0.3 is 10.5 Å². The number of rotatable bonds is 3. The van der Waals surface area contributed by atoms with Gasteiger partial charge in [-0.3, -0.25) is 9.88 Å². The highest BCUT2D eigenvalue weighted by Crippen LogP contribution is 2.11. The first-order chi connectivity index (χ1) is 7.78. The quantitative estimate of drug-likeness (QED) is 0.914. The van der Waals surface area contributed by atoms with E-state index in [4.69, 9.17) is 10.5 Å². The van der Waals surface area contributed by atoms with Gasteiger partial charge >= 0.3 is 0 Å². The molecule has 6 heteroatoms. The maximum absolute atomic E-state index is 5.61. The minimum absolute atomic E-state index is 0. The van der Waals surface area contributed by atoms with Crippen LogP contribution in [0.15, 0.2) is 22.8 Å². The van der Waals surface area contributed by atoms with Gasteiger partial charge in [0.15, 0.2) is 0 Å². The second-order valence-electron chi connectivity index (χ2n) is 3.93. The molecular weight excluding hydrogens is 305 g/mol. The zero-order valence-corrected chi connectivity index (χ0v) is 11.9. The number of nitrogens with two attached hydrogens (primary N) is 1. The van der Waals surface area contributed by atoms with Crippen LogP contribution >= 0.6 is 28.3 Å². The molecule has 2 heterocycles. The first-order valence-electron chi connectivity index (χ1n) is 5.42. The second kappa shape index (κ2) is 7.28. The fourth-order valence-electron chi connectivity index (χ4n) is 1.80. The summed E-state index contributed by atoms with van der Waals surface area (Å²) in [5.74, 6) is 0. The standard InChI is InChI=1S/C11H16BrN3O.ClH/c12-9-1-2-10(14-6-9)7-15-3-4-16-11(5-13)8-15;/h1-2,6,11H,3-5,7-8,13H2;1H. The van der Waals surface area contributed by atoms with Crippen molar-refractivity contribution >= 4 is 28.3 Å². The van der Waals surface area contributed by atoms with Crippen LogP contribution in [0.4, 0.5) is 0 Å². The molecule has 1 fully saturated rings. The summed E-state index contributed by atoms with van der Waals surface area (Å²) < 4.78 is 6.53. The Labute approximate surface area is 116 Å². The van der Waals surface area contributed by atoms with E-state index in [0.717, 1.165) is 36.4 Å². The van der Waals surface area contributed by atoms with Gasteiger partial charge in [0.05, 0.1) is 18.4 Å². The molecule has 0 aromatic carbocycles. The summed E-state index contributed by atoms with van der Waals surface area (Å²) >= 11 is 3.38. The first kappa shape index (κ1) is 14.9. The molecule has 17 heavy (non-hydrogen) atoms. The molecule has 1 saturated heterocycles. The van der Waals surface area contributed by atoms with E-state index in [1.165, 1.54) is 0 Å². The van der Waals surface area contributed by atoms with Crippen molar-refractivity contribution in [2.75, 3.05) is 26.2 Å². The zero-order chi connectivity index (χ0) is 11.4. The summed E-state index contributed by atoms with van der Waals surface area (Å²) in [4.78, 5) is 6.69. The van der Waals surface area contributed by atoms with E-state index in [9.17, 15) is 0 Å². The Morgan fingerprint density at radius 2 is 2.35 bits per heavy atom. The van der Waals surface area contributed by atoms with E-state index in [-0.39, 0.29) is 18.5 Å². The van der Waals surface area contributed by atoms with Gasteiger partial charge in [0.1, 0.15) is 0 Å². The van der Waals surface area contributed by atoms with Gasteiger partial charge in [0.25, 0.3) is 0 Å².